The molecule has 0 bridgehead atoms. The third-order valence-electron chi connectivity index (χ3n) is 2.74. The van der Waals surface area contributed by atoms with Crippen LogP contribution in [-0.2, 0) is 6.61 Å². The van der Waals surface area contributed by atoms with Crippen LogP contribution in [0, 0.1) is 0 Å². The lowest BCUT2D eigenvalue weighted by molar-refractivity contribution is 0.108. The van der Waals surface area contributed by atoms with E-state index in [9.17, 15) is 4.79 Å². The first-order valence-electron chi connectivity index (χ1n) is 6.59. The predicted molar refractivity (Wildman–Crippen MR) is 81.7 cm³/mol. The molecule has 0 aliphatic rings. The SMILES string of the molecule is O=C(Sc1nnc(COc2ccccc2)o1)c1ccccc1. The van der Waals surface area contributed by atoms with Crippen LogP contribution < -0.4 is 4.74 Å². The summed E-state index contributed by atoms with van der Waals surface area (Å²) in [4.78, 5) is 12.0. The van der Waals surface area contributed by atoms with Gasteiger partial charge in [0, 0.05) is 17.3 Å². The number of carbonyl (C=O) groups excluding carboxylic acids is 1. The Bertz CT molecular complexity index is 744. The van der Waals surface area contributed by atoms with Crippen molar-refractivity contribution < 1.29 is 13.9 Å². The Morgan fingerprint density at radius 1 is 1.00 bits per heavy atom. The molecule has 0 amide bonds. The summed E-state index contributed by atoms with van der Waals surface area (Å²) >= 11 is 0.904. The van der Waals surface area contributed by atoms with Gasteiger partial charge >= 0.3 is 0 Å². The highest BCUT2D eigenvalue weighted by atomic mass is 32.2. The Balaban J connectivity index is 1.58. The van der Waals surface area contributed by atoms with E-state index in [4.69, 9.17) is 9.15 Å². The number of aromatic nitrogens is 2. The van der Waals surface area contributed by atoms with Crippen molar-refractivity contribution in [2.75, 3.05) is 0 Å². The summed E-state index contributed by atoms with van der Waals surface area (Å²) in [7, 11) is 0. The summed E-state index contributed by atoms with van der Waals surface area (Å²) in [5.74, 6) is 1.04. The van der Waals surface area contributed by atoms with E-state index in [0.29, 0.717) is 11.5 Å². The van der Waals surface area contributed by atoms with Gasteiger partial charge in [0.15, 0.2) is 6.61 Å². The van der Waals surface area contributed by atoms with Gasteiger partial charge in [0.05, 0.1) is 0 Å². The molecule has 0 fully saturated rings. The summed E-state index contributed by atoms with van der Waals surface area (Å²) in [5, 5.41) is 7.77. The van der Waals surface area contributed by atoms with E-state index in [1.807, 2.05) is 36.4 Å². The number of carbonyl (C=O) groups is 1. The molecule has 110 valence electrons. The van der Waals surface area contributed by atoms with Crippen molar-refractivity contribution in [1.29, 1.82) is 0 Å². The first-order valence-corrected chi connectivity index (χ1v) is 7.40. The molecule has 0 aliphatic carbocycles. The van der Waals surface area contributed by atoms with Gasteiger partial charge in [-0.3, -0.25) is 4.79 Å². The smallest absolute Gasteiger partial charge is 0.284 e. The van der Waals surface area contributed by atoms with E-state index in [1.165, 1.54) is 0 Å². The van der Waals surface area contributed by atoms with E-state index in [0.717, 1.165) is 17.5 Å². The van der Waals surface area contributed by atoms with Crippen LogP contribution in [0.3, 0.4) is 0 Å². The van der Waals surface area contributed by atoms with Crippen molar-refractivity contribution in [3.63, 3.8) is 0 Å². The highest BCUT2D eigenvalue weighted by Crippen LogP contribution is 2.22. The van der Waals surface area contributed by atoms with E-state index >= 15 is 0 Å². The van der Waals surface area contributed by atoms with E-state index in [-0.39, 0.29) is 16.9 Å². The van der Waals surface area contributed by atoms with Crippen molar-refractivity contribution in [1.82, 2.24) is 10.2 Å². The van der Waals surface area contributed by atoms with Crippen molar-refractivity contribution in [3.05, 3.63) is 72.1 Å². The molecule has 1 heterocycles. The van der Waals surface area contributed by atoms with Gasteiger partial charge in [-0.05, 0) is 12.1 Å². The molecule has 0 unspecified atom stereocenters. The second-order valence-corrected chi connectivity index (χ2v) is 5.24. The molecule has 6 heteroatoms. The molecule has 22 heavy (non-hydrogen) atoms. The number of nitrogens with zero attached hydrogens (tertiary/aromatic N) is 2. The van der Waals surface area contributed by atoms with Gasteiger partial charge in [-0.25, -0.2) is 0 Å². The van der Waals surface area contributed by atoms with E-state index in [1.54, 1.807) is 24.3 Å². The fraction of sp³-hybridized carbons (Fsp3) is 0.0625. The molecule has 3 aromatic rings. The molecular formula is C16H12N2O3S. The van der Waals surface area contributed by atoms with Crippen molar-refractivity contribution in [2.45, 2.75) is 11.8 Å². The van der Waals surface area contributed by atoms with Crippen LogP contribution >= 0.6 is 11.8 Å². The lowest BCUT2D eigenvalue weighted by atomic mass is 10.2. The van der Waals surface area contributed by atoms with Gasteiger partial charge < -0.3 is 9.15 Å². The zero-order chi connectivity index (χ0) is 15.2. The number of thioether (sulfide) groups is 1. The van der Waals surface area contributed by atoms with Crippen LogP contribution in [0.4, 0.5) is 0 Å². The minimum atomic E-state index is -0.139. The Kier molecular flexibility index (Phi) is 4.50. The molecule has 5 nitrogen and oxygen atoms in total. The summed E-state index contributed by atoms with van der Waals surface area (Å²) in [6.45, 7) is 0.164. The first-order chi connectivity index (χ1) is 10.8. The molecular weight excluding hydrogens is 300 g/mol. The largest absolute Gasteiger partial charge is 0.484 e. The van der Waals surface area contributed by atoms with Gasteiger partial charge in [0.1, 0.15) is 5.75 Å². The Labute approximate surface area is 131 Å². The minimum absolute atomic E-state index is 0.139. The average molecular weight is 312 g/mol. The number of ether oxygens (including phenoxy) is 1. The first kappa shape index (κ1) is 14.3. The summed E-state index contributed by atoms with van der Waals surface area (Å²) in [5.41, 5.74) is 0.591. The Morgan fingerprint density at radius 3 is 2.41 bits per heavy atom. The lowest BCUT2D eigenvalue weighted by Gasteiger charge is -2.01. The number of benzene rings is 2. The fourth-order valence-corrected chi connectivity index (χ4v) is 2.34. The number of hydrogen-bond acceptors (Lipinski definition) is 6. The highest BCUT2D eigenvalue weighted by molar-refractivity contribution is 8.14. The monoisotopic (exact) mass is 312 g/mol. The van der Waals surface area contributed by atoms with Crippen LogP contribution in [0.25, 0.3) is 0 Å². The molecule has 0 radical (unpaired) electrons. The second-order valence-electron chi connectivity index (χ2n) is 4.32. The molecule has 3 rings (SSSR count). The maximum absolute atomic E-state index is 12.0. The van der Waals surface area contributed by atoms with Crippen molar-refractivity contribution >= 4 is 16.9 Å². The van der Waals surface area contributed by atoms with E-state index in [2.05, 4.69) is 10.2 Å². The third-order valence-corrected chi connectivity index (χ3v) is 3.50. The van der Waals surface area contributed by atoms with Crippen molar-refractivity contribution in [3.8, 4) is 5.75 Å². The summed E-state index contributed by atoms with van der Waals surface area (Å²) in [6.07, 6.45) is 0. The maximum atomic E-state index is 12.0. The molecule has 0 N–H and O–H groups in total. The maximum Gasteiger partial charge on any atom is 0.284 e. The third kappa shape index (κ3) is 3.73. The standard InChI is InChI=1S/C16H12N2O3S/c19-15(12-7-3-1-4-8-12)22-16-18-17-14(21-16)11-20-13-9-5-2-6-10-13/h1-10H,11H2. The molecule has 0 saturated heterocycles. The molecule has 0 saturated carbocycles. The van der Waals surface area contributed by atoms with Crippen molar-refractivity contribution in [2.24, 2.45) is 0 Å². The normalized spacial score (nSPS) is 10.4. The Morgan fingerprint density at radius 2 is 1.68 bits per heavy atom. The lowest BCUT2D eigenvalue weighted by Crippen LogP contribution is -1.95. The Hall–Kier alpha value is -2.60. The van der Waals surface area contributed by atoms with Crippen LogP contribution in [-0.4, -0.2) is 15.3 Å². The summed E-state index contributed by atoms with van der Waals surface area (Å²) < 4.78 is 10.9. The van der Waals surface area contributed by atoms with Gasteiger partial charge in [-0.2, -0.15) is 0 Å². The van der Waals surface area contributed by atoms with Crippen LogP contribution in [0.1, 0.15) is 16.2 Å². The summed E-state index contributed by atoms with van der Waals surface area (Å²) in [6, 6.07) is 18.3. The molecule has 1 aromatic heterocycles. The fourth-order valence-electron chi connectivity index (χ4n) is 1.71. The number of rotatable bonds is 5. The number of hydrogen-bond donors (Lipinski definition) is 0. The zero-order valence-corrected chi connectivity index (χ0v) is 12.3. The van der Waals surface area contributed by atoms with Gasteiger partial charge in [-0.15, -0.1) is 10.2 Å². The van der Waals surface area contributed by atoms with Crippen LogP contribution in [0.15, 0.2) is 70.3 Å². The van der Waals surface area contributed by atoms with E-state index < -0.39 is 0 Å². The second kappa shape index (κ2) is 6.91. The quantitative estimate of drug-likeness (QED) is 0.671. The highest BCUT2D eigenvalue weighted by Gasteiger charge is 2.14. The minimum Gasteiger partial charge on any atom is -0.484 e. The average Bonchev–Trinajstić information content (AvgIpc) is 3.02. The topological polar surface area (TPSA) is 65.2 Å². The molecule has 0 spiro atoms. The molecule has 0 aliphatic heterocycles. The number of para-hydroxylation sites is 1. The molecule has 2 aromatic carbocycles. The van der Waals surface area contributed by atoms with Crippen LogP contribution in [0.5, 0.6) is 5.75 Å². The van der Waals surface area contributed by atoms with Gasteiger partial charge in [0.25, 0.3) is 11.1 Å². The van der Waals surface area contributed by atoms with Gasteiger partial charge in [0.2, 0.25) is 5.12 Å². The predicted octanol–water partition coefficient (Wildman–Crippen LogP) is 3.58. The van der Waals surface area contributed by atoms with Crippen LogP contribution in [0.2, 0.25) is 0 Å². The zero-order valence-electron chi connectivity index (χ0n) is 11.5. The van der Waals surface area contributed by atoms with Gasteiger partial charge in [-0.1, -0.05) is 48.5 Å². The molecule has 0 atom stereocenters.